The van der Waals surface area contributed by atoms with Gasteiger partial charge < -0.3 is 10.6 Å². The van der Waals surface area contributed by atoms with E-state index in [4.69, 9.17) is 11.1 Å². The van der Waals surface area contributed by atoms with E-state index >= 15 is 0 Å². The minimum Gasteiger partial charge on any atom is -0.384 e. The number of nitrogens with zero attached hydrogens (tertiary/aromatic N) is 2. The van der Waals surface area contributed by atoms with Crippen molar-refractivity contribution in [2.24, 2.45) is 5.73 Å². The van der Waals surface area contributed by atoms with Crippen molar-refractivity contribution in [3.05, 3.63) is 35.4 Å². The Morgan fingerprint density at radius 2 is 2.00 bits per heavy atom. The van der Waals surface area contributed by atoms with E-state index in [1.165, 1.54) is 5.56 Å². The fraction of sp³-hybridized carbons (Fsp3) is 0.500. The normalized spacial score (nSPS) is 22.0. The van der Waals surface area contributed by atoms with Crippen molar-refractivity contribution in [2.75, 3.05) is 26.7 Å². The number of nitrogens with one attached hydrogen (secondary N) is 1. The zero-order valence-electron chi connectivity index (χ0n) is 11.2. The van der Waals surface area contributed by atoms with E-state index in [1.807, 2.05) is 12.1 Å². The third-order valence-electron chi connectivity index (χ3n) is 3.62. The molecule has 1 aliphatic rings. The predicted octanol–water partition coefficient (Wildman–Crippen LogP) is 1.11. The molecule has 98 valence electrons. The number of rotatable bonds is 3. The minimum atomic E-state index is 0.134. The lowest BCUT2D eigenvalue weighted by Gasteiger charge is -2.38. The number of nitrogen functional groups attached to an aromatic ring is 1. The highest BCUT2D eigenvalue weighted by Crippen LogP contribution is 2.13. The highest BCUT2D eigenvalue weighted by atomic mass is 15.3. The highest BCUT2D eigenvalue weighted by molar-refractivity contribution is 5.94. The molecule has 0 amide bonds. The van der Waals surface area contributed by atoms with Gasteiger partial charge in [-0.3, -0.25) is 10.3 Å². The van der Waals surface area contributed by atoms with Crippen LogP contribution in [0.1, 0.15) is 18.1 Å². The molecule has 0 bridgehead atoms. The van der Waals surface area contributed by atoms with Gasteiger partial charge in [0.1, 0.15) is 5.84 Å². The average molecular weight is 246 g/mol. The van der Waals surface area contributed by atoms with Gasteiger partial charge in [-0.15, -0.1) is 0 Å². The monoisotopic (exact) mass is 246 g/mol. The Balaban J connectivity index is 1.99. The molecule has 1 unspecified atom stereocenters. The molecule has 0 radical (unpaired) electrons. The predicted molar refractivity (Wildman–Crippen MR) is 74.8 cm³/mol. The summed E-state index contributed by atoms with van der Waals surface area (Å²) in [5.74, 6) is 0.134. The highest BCUT2D eigenvalue weighted by Gasteiger charge is 2.21. The molecule has 0 aliphatic carbocycles. The van der Waals surface area contributed by atoms with Crippen LogP contribution < -0.4 is 5.73 Å². The molecular weight excluding hydrogens is 224 g/mol. The van der Waals surface area contributed by atoms with Gasteiger partial charge in [0, 0.05) is 37.8 Å². The Kier molecular flexibility index (Phi) is 3.99. The molecule has 18 heavy (non-hydrogen) atoms. The fourth-order valence-corrected chi connectivity index (χ4v) is 2.44. The number of hydrogen-bond donors (Lipinski definition) is 2. The number of nitrogens with two attached hydrogens (primary N) is 1. The second kappa shape index (κ2) is 5.50. The third kappa shape index (κ3) is 3.09. The minimum absolute atomic E-state index is 0.134. The van der Waals surface area contributed by atoms with E-state index < -0.39 is 0 Å². The number of likely N-dealkylation sites (N-methyl/N-ethyl adjacent to an activating group) is 1. The molecule has 1 saturated heterocycles. The van der Waals surface area contributed by atoms with Gasteiger partial charge in [0.2, 0.25) is 0 Å². The fourth-order valence-electron chi connectivity index (χ4n) is 2.44. The van der Waals surface area contributed by atoms with Crippen LogP contribution in [0.4, 0.5) is 0 Å². The van der Waals surface area contributed by atoms with Gasteiger partial charge in [-0.1, -0.05) is 24.3 Å². The number of hydrogen-bond acceptors (Lipinski definition) is 3. The largest absolute Gasteiger partial charge is 0.384 e. The molecule has 0 aromatic heterocycles. The molecule has 2 rings (SSSR count). The van der Waals surface area contributed by atoms with Crippen LogP contribution >= 0.6 is 0 Å². The van der Waals surface area contributed by atoms with E-state index in [0.29, 0.717) is 6.04 Å². The van der Waals surface area contributed by atoms with Crippen LogP contribution in [0.2, 0.25) is 0 Å². The molecule has 1 fully saturated rings. The number of piperazine rings is 1. The van der Waals surface area contributed by atoms with E-state index in [1.54, 1.807) is 0 Å². The summed E-state index contributed by atoms with van der Waals surface area (Å²) in [6.45, 7) is 6.64. The molecule has 1 heterocycles. The third-order valence-corrected chi connectivity index (χ3v) is 3.62. The molecule has 1 aliphatic heterocycles. The maximum Gasteiger partial charge on any atom is 0.122 e. The van der Waals surface area contributed by atoms with Gasteiger partial charge in [-0.05, 0) is 19.5 Å². The molecule has 1 aromatic rings. The van der Waals surface area contributed by atoms with Crippen molar-refractivity contribution < 1.29 is 0 Å². The van der Waals surface area contributed by atoms with Crippen molar-refractivity contribution in [3.63, 3.8) is 0 Å². The summed E-state index contributed by atoms with van der Waals surface area (Å²) in [7, 11) is 2.18. The van der Waals surface area contributed by atoms with Gasteiger partial charge in [-0.2, -0.15) is 0 Å². The molecule has 3 N–H and O–H groups in total. The van der Waals surface area contributed by atoms with Crippen molar-refractivity contribution in [3.8, 4) is 0 Å². The average Bonchev–Trinajstić information content (AvgIpc) is 2.33. The summed E-state index contributed by atoms with van der Waals surface area (Å²) >= 11 is 0. The summed E-state index contributed by atoms with van der Waals surface area (Å²) in [6, 6.07) is 8.59. The van der Waals surface area contributed by atoms with Crippen LogP contribution in [0, 0.1) is 5.41 Å². The van der Waals surface area contributed by atoms with E-state index in [0.717, 1.165) is 31.7 Å². The second-order valence-electron chi connectivity index (χ2n) is 5.19. The number of benzene rings is 1. The SMILES string of the molecule is CC1CN(C)CCN1Cc1ccc(C(=N)N)cc1. The van der Waals surface area contributed by atoms with Crippen LogP contribution in [0.25, 0.3) is 0 Å². The summed E-state index contributed by atoms with van der Waals surface area (Å²) in [5, 5.41) is 7.37. The quantitative estimate of drug-likeness (QED) is 0.620. The Labute approximate surface area is 109 Å². The zero-order chi connectivity index (χ0) is 13.1. The Morgan fingerprint density at radius 1 is 1.33 bits per heavy atom. The first-order chi connectivity index (χ1) is 8.56. The molecule has 4 heteroatoms. The van der Waals surface area contributed by atoms with Crippen molar-refractivity contribution in [1.29, 1.82) is 5.41 Å². The van der Waals surface area contributed by atoms with E-state index in [2.05, 4.69) is 35.9 Å². The lowest BCUT2D eigenvalue weighted by molar-refractivity contribution is 0.0938. The maximum atomic E-state index is 7.37. The van der Waals surface area contributed by atoms with Crippen LogP contribution in [0.3, 0.4) is 0 Å². The Hall–Kier alpha value is -1.39. The van der Waals surface area contributed by atoms with Gasteiger partial charge in [0.25, 0.3) is 0 Å². The van der Waals surface area contributed by atoms with Crippen molar-refractivity contribution in [2.45, 2.75) is 19.5 Å². The van der Waals surface area contributed by atoms with Crippen molar-refractivity contribution >= 4 is 5.84 Å². The van der Waals surface area contributed by atoms with E-state index in [-0.39, 0.29) is 5.84 Å². The first kappa shape index (κ1) is 13.1. The first-order valence-corrected chi connectivity index (χ1v) is 6.42. The lowest BCUT2D eigenvalue weighted by atomic mass is 10.1. The van der Waals surface area contributed by atoms with Gasteiger partial charge >= 0.3 is 0 Å². The molecule has 0 spiro atoms. The van der Waals surface area contributed by atoms with Crippen LogP contribution in [-0.2, 0) is 6.54 Å². The van der Waals surface area contributed by atoms with E-state index in [9.17, 15) is 0 Å². The Morgan fingerprint density at radius 3 is 2.56 bits per heavy atom. The number of amidine groups is 1. The van der Waals surface area contributed by atoms with Gasteiger partial charge in [0.05, 0.1) is 0 Å². The zero-order valence-corrected chi connectivity index (χ0v) is 11.2. The summed E-state index contributed by atoms with van der Waals surface area (Å²) in [4.78, 5) is 4.88. The summed E-state index contributed by atoms with van der Waals surface area (Å²) < 4.78 is 0. The smallest absolute Gasteiger partial charge is 0.122 e. The van der Waals surface area contributed by atoms with Crippen LogP contribution in [0.15, 0.2) is 24.3 Å². The maximum absolute atomic E-state index is 7.37. The topological polar surface area (TPSA) is 56.4 Å². The standard InChI is InChI=1S/C14H22N4/c1-11-9-17(2)7-8-18(11)10-12-3-5-13(6-4-12)14(15)16/h3-6,11H,7-10H2,1-2H3,(H3,15,16). The summed E-state index contributed by atoms with van der Waals surface area (Å²) in [5.41, 5.74) is 7.54. The molecular formula is C14H22N4. The van der Waals surface area contributed by atoms with Gasteiger partial charge in [-0.25, -0.2) is 0 Å². The molecule has 0 saturated carbocycles. The van der Waals surface area contributed by atoms with Crippen LogP contribution in [0.5, 0.6) is 0 Å². The summed E-state index contributed by atoms with van der Waals surface area (Å²) in [6.07, 6.45) is 0. The van der Waals surface area contributed by atoms with Crippen molar-refractivity contribution in [1.82, 2.24) is 9.80 Å². The molecule has 4 nitrogen and oxygen atoms in total. The Bertz CT molecular complexity index is 412. The second-order valence-corrected chi connectivity index (χ2v) is 5.19. The first-order valence-electron chi connectivity index (χ1n) is 6.42. The van der Waals surface area contributed by atoms with Crippen LogP contribution in [-0.4, -0.2) is 48.4 Å². The van der Waals surface area contributed by atoms with Gasteiger partial charge in [0.15, 0.2) is 0 Å². The molecule has 1 aromatic carbocycles. The lowest BCUT2D eigenvalue weighted by Crippen LogP contribution is -2.49. The molecule has 1 atom stereocenters.